The standard InChI is InChI=1S/C19H21NO3/c1-22-18-10-14(6-7-17(18)21)11-20-9-8-19(13-20)16-5-3-2-4-15(16)12-23-19/h2-7,10,21H,8-9,11-13H2,1H3. The average molecular weight is 311 g/mol. The van der Waals surface area contributed by atoms with E-state index in [0.717, 1.165) is 38.2 Å². The van der Waals surface area contributed by atoms with E-state index in [1.807, 2.05) is 12.1 Å². The number of fused-ring (bicyclic) bond motifs is 2. The van der Waals surface area contributed by atoms with Gasteiger partial charge in [-0.2, -0.15) is 0 Å². The summed E-state index contributed by atoms with van der Waals surface area (Å²) in [6, 6.07) is 14.1. The lowest BCUT2D eigenvalue weighted by atomic mass is 9.92. The van der Waals surface area contributed by atoms with Gasteiger partial charge in [0.2, 0.25) is 0 Å². The molecule has 2 aromatic rings. The second-order valence-corrected chi connectivity index (χ2v) is 6.41. The van der Waals surface area contributed by atoms with Crippen LogP contribution in [-0.4, -0.2) is 30.2 Å². The van der Waals surface area contributed by atoms with E-state index < -0.39 is 0 Å². The van der Waals surface area contributed by atoms with E-state index in [9.17, 15) is 5.11 Å². The fourth-order valence-electron chi connectivity index (χ4n) is 3.79. The molecule has 4 rings (SSSR count). The second-order valence-electron chi connectivity index (χ2n) is 6.41. The van der Waals surface area contributed by atoms with Gasteiger partial charge in [-0.3, -0.25) is 4.90 Å². The second kappa shape index (κ2) is 5.55. The summed E-state index contributed by atoms with van der Waals surface area (Å²) >= 11 is 0. The van der Waals surface area contributed by atoms with Gasteiger partial charge in [0, 0.05) is 19.6 Å². The minimum Gasteiger partial charge on any atom is -0.504 e. The molecule has 4 heteroatoms. The molecule has 0 aromatic heterocycles. The maximum Gasteiger partial charge on any atom is 0.160 e. The Balaban J connectivity index is 1.52. The first-order valence-corrected chi connectivity index (χ1v) is 8.01. The lowest BCUT2D eigenvalue weighted by Crippen LogP contribution is -2.30. The van der Waals surface area contributed by atoms with Gasteiger partial charge in [-0.1, -0.05) is 30.3 Å². The number of hydrogen-bond acceptors (Lipinski definition) is 4. The van der Waals surface area contributed by atoms with Gasteiger partial charge in [0.15, 0.2) is 11.5 Å². The number of nitrogens with zero attached hydrogens (tertiary/aromatic N) is 1. The van der Waals surface area contributed by atoms with E-state index in [-0.39, 0.29) is 11.4 Å². The zero-order valence-corrected chi connectivity index (χ0v) is 13.3. The number of rotatable bonds is 3. The SMILES string of the molecule is COc1cc(CN2CCC3(C2)OCc2ccccc23)ccc1O. The molecule has 1 spiro atoms. The first kappa shape index (κ1) is 14.5. The Labute approximate surface area is 136 Å². The monoisotopic (exact) mass is 311 g/mol. The van der Waals surface area contributed by atoms with Crippen LogP contribution in [0.3, 0.4) is 0 Å². The van der Waals surface area contributed by atoms with Crippen LogP contribution in [0.5, 0.6) is 11.5 Å². The summed E-state index contributed by atoms with van der Waals surface area (Å²) in [6.45, 7) is 3.48. The highest BCUT2D eigenvalue weighted by molar-refractivity contribution is 5.42. The lowest BCUT2D eigenvalue weighted by Gasteiger charge is -2.25. The molecule has 23 heavy (non-hydrogen) atoms. The molecule has 4 nitrogen and oxygen atoms in total. The van der Waals surface area contributed by atoms with Crippen LogP contribution >= 0.6 is 0 Å². The normalized spacial score (nSPS) is 23.3. The highest BCUT2D eigenvalue weighted by Crippen LogP contribution is 2.43. The third-order valence-electron chi connectivity index (χ3n) is 4.97. The first-order chi connectivity index (χ1) is 11.2. The molecule has 2 aliphatic rings. The molecule has 0 radical (unpaired) electrons. The lowest BCUT2D eigenvalue weighted by molar-refractivity contribution is -0.0299. The van der Waals surface area contributed by atoms with Crippen molar-refractivity contribution in [3.63, 3.8) is 0 Å². The Hall–Kier alpha value is -2.04. The first-order valence-electron chi connectivity index (χ1n) is 8.01. The van der Waals surface area contributed by atoms with Crippen molar-refractivity contribution in [1.82, 2.24) is 4.90 Å². The number of benzene rings is 2. The van der Waals surface area contributed by atoms with Crippen molar-refractivity contribution in [2.75, 3.05) is 20.2 Å². The molecule has 0 bridgehead atoms. The highest BCUT2D eigenvalue weighted by Gasteiger charge is 2.45. The number of likely N-dealkylation sites (tertiary alicyclic amines) is 1. The van der Waals surface area contributed by atoms with Crippen LogP contribution in [0.1, 0.15) is 23.1 Å². The summed E-state index contributed by atoms with van der Waals surface area (Å²) in [4.78, 5) is 2.41. The van der Waals surface area contributed by atoms with Gasteiger partial charge in [0.05, 0.1) is 13.7 Å². The molecule has 1 fully saturated rings. The largest absolute Gasteiger partial charge is 0.504 e. The van der Waals surface area contributed by atoms with Crippen molar-refractivity contribution < 1.29 is 14.6 Å². The number of hydrogen-bond donors (Lipinski definition) is 1. The zero-order chi connectivity index (χ0) is 15.9. The van der Waals surface area contributed by atoms with Crippen molar-refractivity contribution in [3.05, 3.63) is 59.2 Å². The molecule has 0 aliphatic carbocycles. The van der Waals surface area contributed by atoms with Gasteiger partial charge in [0.25, 0.3) is 0 Å². The van der Waals surface area contributed by atoms with Gasteiger partial charge in [-0.25, -0.2) is 0 Å². The van der Waals surface area contributed by atoms with Gasteiger partial charge < -0.3 is 14.6 Å². The number of phenolic OH excluding ortho intramolecular Hbond substituents is 1. The summed E-state index contributed by atoms with van der Waals surface area (Å²) in [7, 11) is 1.58. The van der Waals surface area contributed by atoms with Gasteiger partial charge in [-0.05, 0) is 35.2 Å². The average Bonchev–Trinajstić information content (AvgIpc) is 3.15. The Morgan fingerprint density at radius 3 is 3.00 bits per heavy atom. The van der Waals surface area contributed by atoms with Crippen molar-refractivity contribution in [2.45, 2.75) is 25.2 Å². The van der Waals surface area contributed by atoms with Gasteiger partial charge in [0.1, 0.15) is 5.60 Å². The predicted octanol–water partition coefficient (Wildman–Crippen LogP) is 3.03. The van der Waals surface area contributed by atoms with Crippen LogP contribution in [0.2, 0.25) is 0 Å². The summed E-state index contributed by atoms with van der Waals surface area (Å²) in [6.07, 6.45) is 1.03. The predicted molar refractivity (Wildman–Crippen MR) is 87.5 cm³/mol. The summed E-state index contributed by atoms with van der Waals surface area (Å²) in [5, 5.41) is 9.71. The quantitative estimate of drug-likeness (QED) is 0.946. The molecule has 2 aromatic carbocycles. The maximum atomic E-state index is 9.71. The Kier molecular flexibility index (Phi) is 3.51. The number of phenols is 1. The van der Waals surface area contributed by atoms with Gasteiger partial charge >= 0.3 is 0 Å². The minimum absolute atomic E-state index is 0.141. The Bertz CT molecular complexity index is 730. The van der Waals surface area contributed by atoms with E-state index in [1.54, 1.807) is 13.2 Å². The number of aromatic hydroxyl groups is 1. The molecular formula is C19H21NO3. The van der Waals surface area contributed by atoms with Crippen LogP contribution in [0, 0.1) is 0 Å². The maximum absolute atomic E-state index is 9.71. The van der Waals surface area contributed by atoms with E-state index in [0.29, 0.717) is 5.75 Å². The van der Waals surface area contributed by atoms with Crippen LogP contribution in [-0.2, 0) is 23.5 Å². The summed E-state index contributed by atoms with van der Waals surface area (Å²) in [5.41, 5.74) is 3.67. The van der Waals surface area contributed by atoms with E-state index in [4.69, 9.17) is 9.47 Å². The molecule has 0 amide bonds. The van der Waals surface area contributed by atoms with Gasteiger partial charge in [-0.15, -0.1) is 0 Å². The van der Waals surface area contributed by atoms with Crippen molar-refractivity contribution in [3.8, 4) is 11.5 Å². The molecule has 0 saturated carbocycles. The summed E-state index contributed by atoms with van der Waals surface area (Å²) in [5.74, 6) is 0.709. The number of methoxy groups -OCH3 is 1. The zero-order valence-electron chi connectivity index (χ0n) is 13.3. The van der Waals surface area contributed by atoms with Crippen molar-refractivity contribution >= 4 is 0 Å². The molecule has 1 atom stereocenters. The Morgan fingerprint density at radius 1 is 1.26 bits per heavy atom. The molecule has 2 heterocycles. The van der Waals surface area contributed by atoms with E-state index in [1.165, 1.54) is 11.1 Å². The third kappa shape index (κ3) is 2.48. The number of ether oxygens (including phenoxy) is 2. The van der Waals surface area contributed by atoms with Crippen LogP contribution in [0.4, 0.5) is 0 Å². The molecule has 1 unspecified atom stereocenters. The van der Waals surface area contributed by atoms with Crippen LogP contribution in [0.25, 0.3) is 0 Å². The van der Waals surface area contributed by atoms with Crippen LogP contribution < -0.4 is 4.74 Å². The van der Waals surface area contributed by atoms with E-state index in [2.05, 4.69) is 29.2 Å². The van der Waals surface area contributed by atoms with Crippen LogP contribution in [0.15, 0.2) is 42.5 Å². The fourth-order valence-corrected chi connectivity index (χ4v) is 3.79. The molecule has 1 saturated heterocycles. The molecular weight excluding hydrogens is 290 g/mol. The van der Waals surface area contributed by atoms with Crippen molar-refractivity contribution in [2.24, 2.45) is 0 Å². The third-order valence-corrected chi connectivity index (χ3v) is 4.97. The molecule has 120 valence electrons. The van der Waals surface area contributed by atoms with E-state index >= 15 is 0 Å². The molecule has 1 N–H and O–H groups in total. The topological polar surface area (TPSA) is 41.9 Å². The smallest absolute Gasteiger partial charge is 0.160 e. The molecule has 2 aliphatic heterocycles. The Morgan fingerprint density at radius 2 is 2.13 bits per heavy atom. The fraction of sp³-hybridized carbons (Fsp3) is 0.368. The minimum atomic E-state index is -0.141. The highest BCUT2D eigenvalue weighted by atomic mass is 16.5. The van der Waals surface area contributed by atoms with Crippen molar-refractivity contribution in [1.29, 1.82) is 0 Å². The summed E-state index contributed by atoms with van der Waals surface area (Å²) < 4.78 is 11.4.